The number of piperazine rings is 1. The molecule has 4 rings (SSSR count). The number of β-amino-alcohol motifs (C(OH)–C–C–N with tert-alkyl or cyclic N) is 1. The van der Waals surface area contributed by atoms with Gasteiger partial charge in [-0.1, -0.05) is 18.2 Å². The monoisotopic (exact) mass is 448 g/mol. The second-order valence-corrected chi connectivity index (χ2v) is 8.29. The molecule has 7 heteroatoms. The van der Waals surface area contributed by atoms with Crippen LogP contribution in [0.2, 0.25) is 0 Å². The first-order valence-electron chi connectivity index (χ1n) is 11.6. The quantitative estimate of drug-likeness (QED) is 0.524. The average Bonchev–Trinajstić information content (AvgIpc) is 2.85. The van der Waals surface area contributed by atoms with Crippen molar-refractivity contribution in [3.63, 3.8) is 0 Å². The second kappa shape index (κ2) is 11.2. The first kappa shape index (κ1) is 23.2. The number of hydrogen-bond donors (Lipinski definition) is 2. The number of aromatic nitrogens is 1. The molecule has 174 valence electrons. The van der Waals surface area contributed by atoms with Crippen LogP contribution in [0.1, 0.15) is 28.9 Å². The van der Waals surface area contributed by atoms with Crippen molar-refractivity contribution in [2.24, 2.45) is 0 Å². The van der Waals surface area contributed by atoms with Gasteiger partial charge in [-0.25, -0.2) is 0 Å². The van der Waals surface area contributed by atoms with Gasteiger partial charge in [0.2, 0.25) is 0 Å². The Hall–Kier alpha value is -3.00. The minimum absolute atomic E-state index is 0.0329. The summed E-state index contributed by atoms with van der Waals surface area (Å²) in [7, 11) is 0. The lowest BCUT2D eigenvalue weighted by Crippen LogP contribution is -2.49. The number of carbonyl (C=O) groups excluding carboxylic acids is 1. The maximum absolute atomic E-state index is 12.2. The van der Waals surface area contributed by atoms with Crippen molar-refractivity contribution in [1.82, 2.24) is 20.1 Å². The SMILES string of the molecule is CCOc1ccc2nccc([C@@H](O)CN3CCN(CCNC(=O)c4ccccc4)CC3)c2c1. The van der Waals surface area contributed by atoms with Gasteiger partial charge in [-0.2, -0.15) is 0 Å². The third-order valence-corrected chi connectivity index (χ3v) is 6.06. The zero-order chi connectivity index (χ0) is 23.0. The minimum Gasteiger partial charge on any atom is -0.494 e. The fraction of sp³-hybridized carbons (Fsp3) is 0.385. The first-order valence-corrected chi connectivity index (χ1v) is 11.6. The third-order valence-electron chi connectivity index (χ3n) is 6.06. The summed E-state index contributed by atoms with van der Waals surface area (Å²) >= 11 is 0. The Balaban J connectivity index is 1.26. The van der Waals surface area contributed by atoms with Crippen LogP contribution in [0.5, 0.6) is 5.75 Å². The highest BCUT2D eigenvalue weighted by atomic mass is 16.5. The van der Waals surface area contributed by atoms with Crippen molar-refractivity contribution in [2.45, 2.75) is 13.0 Å². The van der Waals surface area contributed by atoms with Gasteiger partial charge >= 0.3 is 0 Å². The molecule has 3 aromatic rings. The van der Waals surface area contributed by atoms with Crippen molar-refractivity contribution in [3.05, 3.63) is 71.9 Å². The van der Waals surface area contributed by atoms with Crippen LogP contribution >= 0.6 is 0 Å². The molecule has 2 heterocycles. The number of ether oxygens (including phenoxy) is 1. The van der Waals surface area contributed by atoms with E-state index in [4.69, 9.17) is 4.74 Å². The molecule has 0 unspecified atom stereocenters. The summed E-state index contributed by atoms with van der Waals surface area (Å²) in [5.74, 6) is 0.758. The first-order chi connectivity index (χ1) is 16.1. The van der Waals surface area contributed by atoms with E-state index in [1.54, 1.807) is 6.20 Å². The summed E-state index contributed by atoms with van der Waals surface area (Å²) in [6.07, 6.45) is 1.16. The number of aliphatic hydroxyl groups is 1. The molecule has 7 nitrogen and oxygen atoms in total. The van der Waals surface area contributed by atoms with Crippen molar-refractivity contribution < 1.29 is 14.6 Å². The molecule has 0 aliphatic carbocycles. The zero-order valence-corrected chi connectivity index (χ0v) is 19.1. The van der Waals surface area contributed by atoms with Gasteiger partial charge in [0.1, 0.15) is 5.75 Å². The van der Waals surface area contributed by atoms with Crippen molar-refractivity contribution in [2.75, 3.05) is 52.4 Å². The van der Waals surface area contributed by atoms with Crippen LogP contribution in [0.4, 0.5) is 0 Å². The van der Waals surface area contributed by atoms with Crippen molar-refractivity contribution >= 4 is 16.8 Å². The number of fused-ring (bicyclic) bond motifs is 1. The highest BCUT2D eigenvalue weighted by Crippen LogP contribution is 2.27. The van der Waals surface area contributed by atoms with E-state index in [0.717, 1.165) is 54.9 Å². The van der Waals surface area contributed by atoms with Gasteiger partial charge < -0.3 is 15.2 Å². The van der Waals surface area contributed by atoms with Gasteiger partial charge in [0, 0.05) is 63.0 Å². The van der Waals surface area contributed by atoms with Gasteiger partial charge in [-0.05, 0) is 48.9 Å². The number of benzene rings is 2. The van der Waals surface area contributed by atoms with E-state index in [0.29, 0.717) is 25.3 Å². The minimum atomic E-state index is -0.593. The Bertz CT molecular complexity index is 1050. The molecule has 1 aliphatic rings. The number of aliphatic hydroxyl groups excluding tert-OH is 1. The summed E-state index contributed by atoms with van der Waals surface area (Å²) in [6.45, 7) is 8.19. The highest BCUT2D eigenvalue weighted by Gasteiger charge is 2.21. The Kier molecular flexibility index (Phi) is 7.88. The Labute approximate surface area is 195 Å². The topological polar surface area (TPSA) is 77.9 Å². The van der Waals surface area contributed by atoms with Crippen LogP contribution in [0, 0.1) is 0 Å². The van der Waals surface area contributed by atoms with Crippen molar-refractivity contribution in [1.29, 1.82) is 0 Å². The molecule has 1 aromatic heterocycles. The molecular weight excluding hydrogens is 416 g/mol. The normalized spacial score (nSPS) is 15.9. The predicted molar refractivity (Wildman–Crippen MR) is 130 cm³/mol. The van der Waals surface area contributed by atoms with E-state index in [1.165, 1.54) is 0 Å². The summed E-state index contributed by atoms with van der Waals surface area (Å²) in [5, 5.41) is 14.9. The largest absolute Gasteiger partial charge is 0.494 e. The van der Waals surface area contributed by atoms with E-state index in [2.05, 4.69) is 20.1 Å². The molecule has 0 radical (unpaired) electrons. The molecule has 1 saturated heterocycles. The van der Waals surface area contributed by atoms with Crippen LogP contribution < -0.4 is 10.1 Å². The lowest BCUT2D eigenvalue weighted by atomic mass is 10.0. The molecular formula is C26H32N4O3. The summed E-state index contributed by atoms with van der Waals surface area (Å²) in [6, 6.07) is 17.0. The Morgan fingerprint density at radius 3 is 2.61 bits per heavy atom. The zero-order valence-electron chi connectivity index (χ0n) is 19.1. The van der Waals surface area contributed by atoms with E-state index in [9.17, 15) is 9.90 Å². The molecule has 2 aromatic carbocycles. The molecule has 0 spiro atoms. The van der Waals surface area contributed by atoms with E-state index in [1.807, 2.05) is 61.5 Å². The third kappa shape index (κ3) is 6.07. The lowest BCUT2D eigenvalue weighted by molar-refractivity contribution is 0.0725. The molecule has 33 heavy (non-hydrogen) atoms. The average molecular weight is 449 g/mol. The summed E-state index contributed by atoms with van der Waals surface area (Å²) in [5.41, 5.74) is 2.43. The Morgan fingerprint density at radius 2 is 1.85 bits per heavy atom. The number of rotatable bonds is 9. The summed E-state index contributed by atoms with van der Waals surface area (Å²) < 4.78 is 5.63. The number of nitrogens with one attached hydrogen (secondary N) is 1. The van der Waals surface area contributed by atoms with Gasteiger partial charge in [0.05, 0.1) is 18.2 Å². The van der Waals surface area contributed by atoms with Gasteiger partial charge in [-0.3, -0.25) is 19.6 Å². The van der Waals surface area contributed by atoms with Gasteiger partial charge in [-0.15, -0.1) is 0 Å². The number of pyridine rings is 1. The lowest BCUT2D eigenvalue weighted by Gasteiger charge is -2.35. The van der Waals surface area contributed by atoms with Gasteiger partial charge in [0.25, 0.3) is 5.91 Å². The maximum Gasteiger partial charge on any atom is 0.251 e. The molecule has 0 saturated carbocycles. The van der Waals surface area contributed by atoms with Crippen LogP contribution in [-0.2, 0) is 0 Å². The second-order valence-electron chi connectivity index (χ2n) is 8.29. The van der Waals surface area contributed by atoms with E-state index < -0.39 is 6.10 Å². The highest BCUT2D eigenvalue weighted by molar-refractivity contribution is 5.94. The fourth-order valence-electron chi connectivity index (χ4n) is 4.25. The molecule has 2 N–H and O–H groups in total. The number of amides is 1. The summed E-state index contributed by atoms with van der Waals surface area (Å²) in [4.78, 5) is 21.2. The number of carbonyl (C=O) groups is 1. The van der Waals surface area contributed by atoms with E-state index in [-0.39, 0.29) is 5.91 Å². The van der Waals surface area contributed by atoms with Crippen LogP contribution in [-0.4, -0.2) is 78.2 Å². The van der Waals surface area contributed by atoms with Gasteiger partial charge in [0.15, 0.2) is 0 Å². The molecule has 0 bridgehead atoms. The number of nitrogens with zero attached hydrogens (tertiary/aromatic N) is 3. The predicted octanol–water partition coefficient (Wildman–Crippen LogP) is 2.71. The van der Waals surface area contributed by atoms with Crippen LogP contribution in [0.25, 0.3) is 10.9 Å². The molecule has 1 atom stereocenters. The standard InChI is InChI=1S/C26H32N4O3/c1-2-33-21-8-9-24-23(18-21)22(10-11-27-24)25(31)19-30-16-14-29(15-17-30)13-12-28-26(32)20-6-4-3-5-7-20/h3-11,18,25,31H,2,12-17,19H2,1H3,(H,28,32)/t25-/m0/s1. The Morgan fingerprint density at radius 1 is 1.09 bits per heavy atom. The van der Waals surface area contributed by atoms with E-state index >= 15 is 0 Å². The van der Waals surface area contributed by atoms with Crippen molar-refractivity contribution in [3.8, 4) is 5.75 Å². The smallest absolute Gasteiger partial charge is 0.251 e. The molecule has 1 aliphatic heterocycles. The molecule has 1 fully saturated rings. The van der Waals surface area contributed by atoms with Crippen LogP contribution in [0.3, 0.4) is 0 Å². The maximum atomic E-state index is 12.2. The molecule has 1 amide bonds. The fourth-order valence-corrected chi connectivity index (χ4v) is 4.25. The van der Waals surface area contributed by atoms with Crippen LogP contribution in [0.15, 0.2) is 60.8 Å². The number of hydrogen-bond acceptors (Lipinski definition) is 6.